The lowest BCUT2D eigenvalue weighted by Crippen LogP contribution is -2.25. The standard InChI is InChI=1S/C31H19F10NO/c1-2-3-4-17-6-10-27(42-16-17)20-9-8-19(22(32)13-20)7-5-18-11-23(33)29(24(34)12-18)31(40,41)43-21-14-25(35)28(26(36)15-21)30(37,38)39/h6,8-16H,2-4H2,1H3. The first-order chi connectivity index (χ1) is 20.2. The maximum atomic E-state index is 14.7. The molecule has 3 aromatic carbocycles. The van der Waals surface area contributed by atoms with Gasteiger partial charge in [0.1, 0.15) is 46.0 Å². The molecule has 0 atom stereocenters. The Hall–Kier alpha value is -4.53. The summed E-state index contributed by atoms with van der Waals surface area (Å²) in [5.41, 5.74) is -3.02. The zero-order chi connectivity index (χ0) is 31.5. The number of halogens is 10. The Bertz CT molecular complexity index is 1660. The van der Waals surface area contributed by atoms with Crippen LogP contribution in [-0.4, -0.2) is 4.98 Å². The van der Waals surface area contributed by atoms with Gasteiger partial charge in [-0.15, -0.1) is 0 Å². The monoisotopic (exact) mass is 611 g/mol. The van der Waals surface area contributed by atoms with Crippen LogP contribution >= 0.6 is 0 Å². The number of ether oxygens (including phenoxy) is 1. The molecule has 43 heavy (non-hydrogen) atoms. The highest BCUT2D eigenvalue weighted by Crippen LogP contribution is 2.39. The Labute approximate surface area is 239 Å². The van der Waals surface area contributed by atoms with Crippen molar-refractivity contribution < 1.29 is 48.6 Å². The number of hydrogen-bond donors (Lipinski definition) is 0. The van der Waals surface area contributed by atoms with Gasteiger partial charge < -0.3 is 4.74 Å². The Kier molecular flexibility index (Phi) is 9.04. The van der Waals surface area contributed by atoms with E-state index in [0.29, 0.717) is 23.4 Å². The number of benzene rings is 3. The van der Waals surface area contributed by atoms with Crippen molar-refractivity contribution in [3.8, 4) is 28.8 Å². The van der Waals surface area contributed by atoms with Gasteiger partial charge in [0, 0.05) is 29.5 Å². The van der Waals surface area contributed by atoms with Crippen molar-refractivity contribution in [1.82, 2.24) is 4.98 Å². The van der Waals surface area contributed by atoms with Crippen LogP contribution in [0.15, 0.2) is 60.8 Å². The fraction of sp³-hybridized carbons (Fsp3) is 0.194. The summed E-state index contributed by atoms with van der Waals surface area (Å²) in [6, 6.07) is 7.97. The van der Waals surface area contributed by atoms with E-state index in [1.54, 1.807) is 12.3 Å². The van der Waals surface area contributed by atoms with E-state index >= 15 is 0 Å². The third kappa shape index (κ3) is 7.28. The second-order valence-electron chi connectivity index (χ2n) is 9.29. The highest BCUT2D eigenvalue weighted by Gasteiger charge is 2.43. The van der Waals surface area contributed by atoms with E-state index in [0.717, 1.165) is 30.9 Å². The third-order valence-electron chi connectivity index (χ3n) is 6.13. The first-order valence-electron chi connectivity index (χ1n) is 12.6. The molecule has 0 aliphatic rings. The highest BCUT2D eigenvalue weighted by atomic mass is 19.4. The predicted octanol–water partition coefficient (Wildman–Crippen LogP) is 9.33. The fourth-order valence-electron chi connectivity index (χ4n) is 4.04. The van der Waals surface area contributed by atoms with E-state index in [4.69, 9.17) is 0 Å². The number of pyridine rings is 1. The minimum absolute atomic E-state index is 0.173. The van der Waals surface area contributed by atoms with Crippen molar-refractivity contribution in [1.29, 1.82) is 0 Å². The largest absolute Gasteiger partial charge is 0.432 e. The summed E-state index contributed by atoms with van der Waals surface area (Å²) in [5, 5.41) is 0. The quantitative estimate of drug-likeness (QED) is 0.154. The Morgan fingerprint density at radius 1 is 0.721 bits per heavy atom. The van der Waals surface area contributed by atoms with Gasteiger partial charge in [-0.25, -0.2) is 22.0 Å². The molecular weight excluding hydrogens is 592 g/mol. The molecule has 0 N–H and O–H groups in total. The molecule has 0 unspecified atom stereocenters. The van der Waals surface area contributed by atoms with Gasteiger partial charge in [0.2, 0.25) is 0 Å². The second-order valence-corrected chi connectivity index (χ2v) is 9.29. The summed E-state index contributed by atoms with van der Waals surface area (Å²) >= 11 is 0. The lowest BCUT2D eigenvalue weighted by Gasteiger charge is -2.20. The summed E-state index contributed by atoms with van der Waals surface area (Å²) in [4.78, 5) is 4.32. The van der Waals surface area contributed by atoms with E-state index in [2.05, 4.69) is 28.5 Å². The molecule has 4 aromatic rings. The molecule has 0 bridgehead atoms. The fourth-order valence-corrected chi connectivity index (χ4v) is 4.04. The highest BCUT2D eigenvalue weighted by molar-refractivity contribution is 5.61. The molecule has 0 amide bonds. The average molecular weight is 611 g/mol. The lowest BCUT2D eigenvalue weighted by molar-refractivity contribution is -0.189. The van der Waals surface area contributed by atoms with Gasteiger partial charge in [-0.05, 0) is 48.7 Å². The van der Waals surface area contributed by atoms with Gasteiger partial charge in [-0.1, -0.05) is 37.3 Å². The van der Waals surface area contributed by atoms with Crippen molar-refractivity contribution in [2.24, 2.45) is 0 Å². The third-order valence-corrected chi connectivity index (χ3v) is 6.13. The van der Waals surface area contributed by atoms with Crippen molar-refractivity contribution in [2.45, 2.75) is 38.5 Å². The molecule has 12 heteroatoms. The molecule has 2 nitrogen and oxygen atoms in total. The van der Waals surface area contributed by atoms with Crippen molar-refractivity contribution in [3.05, 3.63) is 118 Å². The summed E-state index contributed by atoms with van der Waals surface area (Å²) in [5.74, 6) is -5.98. The molecule has 224 valence electrons. The Morgan fingerprint density at radius 3 is 1.88 bits per heavy atom. The number of nitrogens with zero attached hydrogens (tertiary/aromatic N) is 1. The molecule has 0 aliphatic heterocycles. The summed E-state index contributed by atoms with van der Waals surface area (Å²) < 4.78 is 143. The second kappa shape index (κ2) is 12.4. The number of unbranched alkanes of at least 4 members (excludes halogenated alkanes) is 1. The SMILES string of the molecule is CCCCc1ccc(-c2ccc(C#Cc3cc(F)c(C(F)(F)Oc4cc(F)c(C(F)(F)F)c(F)c4)c(F)c3)c(F)c2)nc1. The Balaban J connectivity index is 1.55. The normalized spacial score (nSPS) is 11.7. The molecule has 0 radical (unpaired) electrons. The van der Waals surface area contributed by atoms with E-state index in [1.165, 1.54) is 12.1 Å². The molecule has 0 saturated carbocycles. The van der Waals surface area contributed by atoms with Gasteiger partial charge in [0.25, 0.3) is 0 Å². The summed E-state index contributed by atoms with van der Waals surface area (Å²) in [6.07, 6.45) is -5.82. The molecule has 0 fully saturated rings. The van der Waals surface area contributed by atoms with Crippen molar-refractivity contribution in [3.63, 3.8) is 0 Å². The number of hydrogen-bond acceptors (Lipinski definition) is 2. The lowest BCUT2D eigenvalue weighted by atomic mass is 10.1. The number of aromatic nitrogens is 1. The number of alkyl halides is 5. The molecule has 1 heterocycles. The van der Waals surface area contributed by atoms with Crippen LogP contribution in [0.2, 0.25) is 0 Å². The molecule has 4 rings (SSSR count). The van der Waals surface area contributed by atoms with E-state index in [1.807, 2.05) is 6.07 Å². The van der Waals surface area contributed by atoms with Crippen LogP contribution in [-0.2, 0) is 18.7 Å². The average Bonchev–Trinajstić information content (AvgIpc) is 2.89. The van der Waals surface area contributed by atoms with Gasteiger partial charge in [0.05, 0.1) is 11.3 Å². The van der Waals surface area contributed by atoms with Crippen molar-refractivity contribution >= 4 is 0 Å². The van der Waals surface area contributed by atoms with E-state index in [-0.39, 0.29) is 17.7 Å². The maximum Gasteiger partial charge on any atom is 0.432 e. The van der Waals surface area contributed by atoms with Gasteiger partial charge in [0.15, 0.2) is 0 Å². The van der Waals surface area contributed by atoms with Crippen LogP contribution < -0.4 is 4.74 Å². The van der Waals surface area contributed by atoms with Crippen molar-refractivity contribution in [2.75, 3.05) is 0 Å². The number of rotatable bonds is 7. The molecular formula is C31H19F10NO. The summed E-state index contributed by atoms with van der Waals surface area (Å²) in [6.45, 7) is 2.06. The van der Waals surface area contributed by atoms with Crippen LogP contribution in [0, 0.1) is 40.9 Å². The van der Waals surface area contributed by atoms with Crippen LogP contribution in [0.3, 0.4) is 0 Å². The van der Waals surface area contributed by atoms with Crippen LogP contribution in [0.4, 0.5) is 43.9 Å². The van der Waals surface area contributed by atoms with E-state index in [9.17, 15) is 43.9 Å². The number of aryl methyl sites for hydroxylation is 1. The molecule has 0 aliphatic carbocycles. The van der Waals surface area contributed by atoms with Crippen LogP contribution in [0.1, 0.15) is 47.6 Å². The molecule has 0 spiro atoms. The van der Waals surface area contributed by atoms with E-state index < -0.39 is 63.8 Å². The first-order valence-corrected chi connectivity index (χ1v) is 12.6. The first kappa shape index (κ1) is 31.4. The predicted molar refractivity (Wildman–Crippen MR) is 136 cm³/mol. The maximum absolute atomic E-state index is 14.7. The molecule has 1 aromatic heterocycles. The van der Waals surface area contributed by atoms with Gasteiger partial charge in [-0.3, -0.25) is 4.98 Å². The zero-order valence-electron chi connectivity index (χ0n) is 22.0. The topological polar surface area (TPSA) is 22.1 Å². The van der Waals surface area contributed by atoms with Crippen LogP contribution in [0.25, 0.3) is 11.3 Å². The molecule has 0 saturated heterocycles. The van der Waals surface area contributed by atoms with Crippen LogP contribution in [0.5, 0.6) is 5.75 Å². The Morgan fingerprint density at radius 2 is 1.35 bits per heavy atom. The van der Waals surface area contributed by atoms with Gasteiger partial charge in [-0.2, -0.15) is 22.0 Å². The van der Waals surface area contributed by atoms with Gasteiger partial charge >= 0.3 is 12.3 Å². The zero-order valence-corrected chi connectivity index (χ0v) is 22.0. The minimum Gasteiger partial charge on any atom is -0.429 e. The summed E-state index contributed by atoms with van der Waals surface area (Å²) in [7, 11) is 0. The smallest absolute Gasteiger partial charge is 0.429 e. The minimum atomic E-state index is -5.48.